The van der Waals surface area contributed by atoms with Crippen LogP contribution in [0, 0.1) is 45.4 Å². The van der Waals surface area contributed by atoms with Gasteiger partial charge in [0.1, 0.15) is 0 Å². The van der Waals surface area contributed by atoms with Crippen molar-refractivity contribution in [2.75, 3.05) is 0 Å². The van der Waals surface area contributed by atoms with Gasteiger partial charge in [0.15, 0.2) is 0 Å². The zero-order valence-electron chi connectivity index (χ0n) is 20.3. The molecule has 0 bridgehead atoms. The Bertz CT molecular complexity index is 752. The van der Waals surface area contributed by atoms with E-state index in [1.807, 2.05) is 0 Å². The molecule has 0 spiro atoms. The molecule has 3 rings (SSSR count). The Morgan fingerprint density at radius 1 is 0.833 bits per heavy atom. The summed E-state index contributed by atoms with van der Waals surface area (Å²) in [6, 6.07) is 0. The normalized spacial score (nSPS) is 28.3. The smallest absolute Gasteiger partial charge is 0.0827 e. The van der Waals surface area contributed by atoms with Crippen molar-refractivity contribution in [2.24, 2.45) is 17.8 Å². The van der Waals surface area contributed by atoms with E-state index in [2.05, 4.69) is 47.6 Å². The van der Waals surface area contributed by atoms with Crippen molar-refractivity contribution in [1.82, 2.24) is 0 Å². The van der Waals surface area contributed by atoms with E-state index < -0.39 is 0 Å². The highest BCUT2D eigenvalue weighted by atomic mass is 19.1. The summed E-state index contributed by atoms with van der Waals surface area (Å²) in [4.78, 5) is 0. The van der Waals surface area contributed by atoms with Crippen molar-refractivity contribution in [3.63, 3.8) is 0 Å². The van der Waals surface area contributed by atoms with Crippen molar-refractivity contribution in [2.45, 2.75) is 105 Å². The fourth-order valence-electron chi connectivity index (χ4n) is 6.19. The summed E-state index contributed by atoms with van der Waals surface area (Å²) in [5.41, 5.74) is 10.7. The number of hydrogen-bond donors (Lipinski definition) is 0. The van der Waals surface area contributed by atoms with Gasteiger partial charge in [0.2, 0.25) is 0 Å². The fraction of sp³-hybridized carbons (Fsp3) is 0.655. The summed E-state index contributed by atoms with van der Waals surface area (Å²) in [5, 5.41) is 0. The molecule has 1 aromatic rings. The highest BCUT2D eigenvalue weighted by Crippen LogP contribution is 2.43. The monoisotopic (exact) mass is 410 g/mol. The maximum absolute atomic E-state index is 12.4. The number of rotatable bonds is 5. The molecular formula is C29H43F. The van der Waals surface area contributed by atoms with Crippen LogP contribution in [0.5, 0.6) is 0 Å². The Morgan fingerprint density at radius 2 is 1.40 bits per heavy atom. The molecule has 0 unspecified atom stereocenters. The van der Waals surface area contributed by atoms with Gasteiger partial charge in [-0.15, -0.1) is 0 Å². The molecule has 0 aliphatic heterocycles. The molecule has 2 saturated carbocycles. The van der Waals surface area contributed by atoms with Gasteiger partial charge in [0.25, 0.3) is 0 Å². The first kappa shape index (κ1) is 23.3. The van der Waals surface area contributed by atoms with Crippen LogP contribution < -0.4 is 0 Å². The quantitative estimate of drug-likeness (QED) is 0.453. The molecule has 2 fully saturated rings. The number of halogens is 1. The maximum Gasteiger partial charge on any atom is 0.0827 e. The van der Waals surface area contributed by atoms with Crippen LogP contribution >= 0.6 is 0 Å². The summed E-state index contributed by atoms with van der Waals surface area (Å²) >= 11 is 0. The molecule has 166 valence electrons. The average molecular weight is 411 g/mol. The Morgan fingerprint density at radius 3 is 1.93 bits per heavy atom. The van der Waals surface area contributed by atoms with E-state index >= 15 is 0 Å². The van der Waals surface area contributed by atoms with Gasteiger partial charge >= 0.3 is 0 Å². The molecule has 0 N–H and O–H groups in total. The maximum atomic E-state index is 12.4. The second-order valence-corrected chi connectivity index (χ2v) is 10.5. The Hall–Kier alpha value is -1.37. The third-order valence-corrected chi connectivity index (χ3v) is 8.59. The minimum atomic E-state index is 0.666. The van der Waals surface area contributed by atoms with Crippen LogP contribution in [0.3, 0.4) is 0 Å². The van der Waals surface area contributed by atoms with Gasteiger partial charge in [0, 0.05) is 0 Å². The summed E-state index contributed by atoms with van der Waals surface area (Å²) in [6.45, 7) is 14.1. The second kappa shape index (κ2) is 10.3. The molecule has 0 heterocycles. The standard InChI is InChI=1S/C29H43F/c1-19-9-13-26(14-10-19)20(2)18-28-21(3)23(5)29(24(6)22(28)4)27-15-11-25(12-16-27)8-7-17-30/h7,17-19,25-27H,8-16H2,1-6H3/b17-7+,20-18?. The summed E-state index contributed by atoms with van der Waals surface area (Å²) in [7, 11) is 0. The second-order valence-electron chi connectivity index (χ2n) is 10.5. The van der Waals surface area contributed by atoms with Crippen molar-refractivity contribution in [3.8, 4) is 0 Å². The number of hydrogen-bond acceptors (Lipinski definition) is 0. The Kier molecular flexibility index (Phi) is 7.99. The molecule has 0 saturated heterocycles. The lowest BCUT2D eigenvalue weighted by molar-refractivity contribution is 0.321. The van der Waals surface area contributed by atoms with Crippen molar-refractivity contribution in [1.29, 1.82) is 0 Å². The van der Waals surface area contributed by atoms with Gasteiger partial charge in [-0.25, -0.2) is 4.39 Å². The van der Waals surface area contributed by atoms with Gasteiger partial charge in [-0.05, 0) is 137 Å². The Labute approximate surface area is 185 Å². The first-order valence-corrected chi connectivity index (χ1v) is 12.4. The zero-order chi connectivity index (χ0) is 21.8. The molecule has 30 heavy (non-hydrogen) atoms. The van der Waals surface area contributed by atoms with E-state index in [9.17, 15) is 4.39 Å². The predicted octanol–water partition coefficient (Wildman–Crippen LogP) is 9.30. The van der Waals surface area contributed by atoms with E-state index in [1.165, 1.54) is 79.2 Å². The van der Waals surface area contributed by atoms with E-state index in [1.54, 1.807) is 17.2 Å². The van der Waals surface area contributed by atoms with Crippen LogP contribution in [0.1, 0.15) is 111 Å². The van der Waals surface area contributed by atoms with Gasteiger partial charge in [-0.2, -0.15) is 0 Å². The fourth-order valence-corrected chi connectivity index (χ4v) is 6.19. The molecule has 0 atom stereocenters. The third-order valence-electron chi connectivity index (χ3n) is 8.59. The van der Waals surface area contributed by atoms with E-state index in [0.29, 0.717) is 11.8 Å². The third kappa shape index (κ3) is 5.09. The van der Waals surface area contributed by atoms with Gasteiger partial charge in [-0.1, -0.05) is 37.5 Å². The topological polar surface area (TPSA) is 0 Å². The van der Waals surface area contributed by atoms with Crippen LogP contribution in [-0.2, 0) is 0 Å². The lowest BCUT2D eigenvalue weighted by Crippen LogP contribution is -2.16. The van der Waals surface area contributed by atoms with Crippen LogP contribution in [0.25, 0.3) is 6.08 Å². The van der Waals surface area contributed by atoms with Gasteiger partial charge in [-0.3, -0.25) is 0 Å². The highest BCUT2D eigenvalue weighted by molar-refractivity contribution is 5.66. The van der Waals surface area contributed by atoms with Gasteiger partial charge in [0.05, 0.1) is 6.33 Å². The minimum Gasteiger partial charge on any atom is -0.216 e. The average Bonchev–Trinajstić information content (AvgIpc) is 2.75. The Balaban J connectivity index is 1.83. The molecule has 0 nitrogen and oxygen atoms in total. The summed E-state index contributed by atoms with van der Waals surface area (Å²) in [5.74, 6) is 3.02. The molecule has 1 aromatic carbocycles. The minimum absolute atomic E-state index is 0.666. The summed E-state index contributed by atoms with van der Waals surface area (Å²) < 4.78 is 12.4. The van der Waals surface area contributed by atoms with Crippen molar-refractivity contribution < 1.29 is 4.39 Å². The lowest BCUT2D eigenvalue weighted by atomic mass is 9.73. The number of allylic oxidation sites excluding steroid dienone is 2. The first-order valence-electron chi connectivity index (χ1n) is 12.4. The summed E-state index contributed by atoms with van der Waals surface area (Å²) in [6.07, 6.45) is 16.3. The van der Waals surface area contributed by atoms with Crippen LogP contribution in [-0.4, -0.2) is 0 Å². The molecule has 2 aliphatic carbocycles. The van der Waals surface area contributed by atoms with Crippen LogP contribution in [0.2, 0.25) is 0 Å². The largest absolute Gasteiger partial charge is 0.216 e. The zero-order valence-corrected chi connectivity index (χ0v) is 20.3. The van der Waals surface area contributed by atoms with Crippen molar-refractivity contribution in [3.05, 3.63) is 51.4 Å². The highest BCUT2D eigenvalue weighted by Gasteiger charge is 2.26. The molecule has 0 amide bonds. The van der Waals surface area contributed by atoms with Gasteiger partial charge < -0.3 is 0 Å². The SMILES string of the molecule is CC(=Cc1c(C)c(C)c(C2CCC(C/C=C/F)CC2)c(C)c1C)C1CCC(C)CC1. The van der Waals surface area contributed by atoms with Crippen molar-refractivity contribution >= 4 is 6.08 Å². The molecule has 0 aromatic heterocycles. The van der Waals surface area contributed by atoms with E-state index in [0.717, 1.165) is 24.6 Å². The lowest BCUT2D eigenvalue weighted by Gasteiger charge is -2.32. The number of benzene rings is 1. The molecule has 2 aliphatic rings. The first-order chi connectivity index (χ1) is 14.3. The molecular weight excluding hydrogens is 367 g/mol. The van der Waals surface area contributed by atoms with Crippen LogP contribution in [0.4, 0.5) is 4.39 Å². The van der Waals surface area contributed by atoms with Crippen LogP contribution in [0.15, 0.2) is 18.0 Å². The molecule has 1 heteroatoms. The molecule has 0 radical (unpaired) electrons. The van der Waals surface area contributed by atoms with E-state index in [4.69, 9.17) is 0 Å². The predicted molar refractivity (Wildman–Crippen MR) is 130 cm³/mol. The van der Waals surface area contributed by atoms with E-state index in [-0.39, 0.29) is 0 Å².